The van der Waals surface area contributed by atoms with Crippen molar-refractivity contribution >= 4 is 16.8 Å². The molecule has 0 radical (unpaired) electrons. The fourth-order valence-corrected chi connectivity index (χ4v) is 4.02. The monoisotopic (exact) mass is 392 g/mol. The second-order valence-corrected chi connectivity index (χ2v) is 7.51. The molecule has 3 aromatic rings. The summed E-state index contributed by atoms with van der Waals surface area (Å²) >= 11 is 0. The van der Waals surface area contributed by atoms with Crippen molar-refractivity contribution in [1.29, 1.82) is 0 Å². The second kappa shape index (κ2) is 8.60. The van der Waals surface area contributed by atoms with Gasteiger partial charge in [0.1, 0.15) is 0 Å². The molecule has 2 heterocycles. The Hall–Kier alpha value is -2.95. The van der Waals surface area contributed by atoms with Crippen molar-refractivity contribution in [3.63, 3.8) is 0 Å². The van der Waals surface area contributed by atoms with Crippen LogP contribution >= 0.6 is 0 Å². The Morgan fingerprint density at radius 3 is 2.86 bits per heavy atom. The molecule has 0 fully saturated rings. The number of ether oxygens (including phenoxy) is 2. The fraction of sp³-hybridized carbons (Fsp3) is 0.375. The zero-order valence-electron chi connectivity index (χ0n) is 17.1. The van der Waals surface area contributed by atoms with Crippen molar-refractivity contribution in [2.24, 2.45) is 0 Å². The number of aromatic nitrogens is 1. The van der Waals surface area contributed by atoms with Gasteiger partial charge in [0.2, 0.25) is 12.7 Å². The lowest BCUT2D eigenvalue weighted by atomic mass is 9.87. The van der Waals surface area contributed by atoms with Gasteiger partial charge in [-0.15, -0.1) is 0 Å². The molecule has 5 nitrogen and oxygen atoms in total. The number of unbranched alkanes of at least 4 members (excludes halogenated alkanes) is 1. The molecule has 2 aromatic carbocycles. The molecule has 1 aromatic heterocycles. The van der Waals surface area contributed by atoms with Crippen LogP contribution in [-0.2, 0) is 11.2 Å². The van der Waals surface area contributed by atoms with E-state index in [2.05, 4.69) is 48.5 Å². The first-order valence-corrected chi connectivity index (χ1v) is 10.5. The van der Waals surface area contributed by atoms with E-state index in [-0.39, 0.29) is 18.6 Å². The summed E-state index contributed by atoms with van der Waals surface area (Å²) < 4.78 is 11.0. The van der Waals surface area contributed by atoms with E-state index in [1.54, 1.807) is 0 Å². The van der Waals surface area contributed by atoms with Crippen molar-refractivity contribution in [2.45, 2.75) is 45.4 Å². The highest BCUT2D eigenvalue weighted by atomic mass is 16.7. The average Bonchev–Trinajstić information content (AvgIpc) is 3.38. The zero-order valence-corrected chi connectivity index (χ0v) is 17.1. The van der Waals surface area contributed by atoms with Crippen LogP contribution in [0.5, 0.6) is 11.5 Å². The van der Waals surface area contributed by atoms with Crippen LogP contribution in [-0.4, -0.2) is 24.2 Å². The van der Waals surface area contributed by atoms with Gasteiger partial charge in [0.25, 0.3) is 0 Å². The molecule has 0 saturated carbocycles. The van der Waals surface area contributed by atoms with E-state index in [1.807, 2.05) is 18.2 Å². The fourth-order valence-electron chi connectivity index (χ4n) is 4.02. The Kier molecular flexibility index (Phi) is 5.74. The lowest BCUT2D eigenvalue weighted by Crippen LogP contribution is -2.26. The summed E-state index contributed by atoms with van der Waals surface area (Å²) in [7, 11) is 0. The molecule has 29 heavy (non-hydrogen) atoms. The maximum atomic E-state index is 12.7. The number of para-hydroxylation sites is 1. The Balaban J connectivity index is 1.71. The molecule has 1 aliphatic rings. The molecule has 152 valence electrons. The Morgan fingerprint density at radius 2 is 2.03 bits per heavy atom. The Morgan fingerprint density at radius 1 is 1.17 bits per heavy atom. The van der Waals surface area contributed by atoms with E-state index in [0.29, 0.717) is 6.42 Å². The largest absolute Gasteiger partial charge is 0.454 e. The van der Waals surface area contributed by atoms with Crippen LogP contribution < -0.4 is 14.8 Å². The summed E-state index contributed by atoms with van der Waals surface area (Å²) in [5, 5.41) is 4.24. The van der Waals surface area contributed by atoms with Crippen LogP contribution in [0.25, 0.3) is 10.9 Å². The number of aryl methyl sites for hydroxylation is 1. The molecule has 0 saturated heterocycles. The van der Waals surface area contributed by atoms with E-state index in [9.17, 15) is 4.79 Å². The van der Waals surface area contributed by atoms with Crippen molar-refractivity contribution in [3.8, 4) is 11.5 Å². The molecule has 2 N–H and O–H groups in total. The van der Waals surface area contributed by atoms with Gasteiger partial charge < -0.3 is 19.8 Å². The first kappa shape index (κ1) is 19.4. The predicted octanol–water partition coefficient (Wildman–Crippen LogP) is 4.90. The molecule has 1 aliphatic heterocycles. The Bertz CT molecular complexity index is 1010. The van der Waals surface area contributed by atoms with Gasteiger partial charge in [0.05, 0.1) is 0 Å². The molecular weight excluding hydrogens is 364 g/mol. The molecule has 4 rings (SSSR count). The topological polar surface area (TPSA) is 63.4 Å². The lowest BCUT2D eigenvalue weighted by molar-refractivity contribution is -0.121. The number of carbonyl (C=O) groups is 1. The van der Waals surface area contributed by atoms with E-state index < -0.39 is 0 Å². The summed E-state index contributed by atoms with van der Waals surface area (Å²) in [6, 6.07) is 12.4. The average molecular weight is 392 g/mol. The smallest absolute Gasteiger partial charge is 0.231 e. The summed E-state index contributed by atoms with van der Waals surface area (Å²) in [6.45, 7) is 5.25. The number of carbonyl (C=O) groups excluding carboxylic acids is 1. The van der Waals surface area contributed by atoms with Crippen LogP contribution in [0.15, 0.2) is 42.6 Å². The van der Waals surface area contributed by atoms with Gasteiger partial charge in [-0.3, -0.25) is 4.79 Å². The maximum absolute atomic E-state index is 12.7. The van der Waals surface area contributed by atoms with Gasteiger partial charge in [-0.25, -0.2) is 0 Å². The minimum absolute atomic E-state index is 0.0630. The molecule has 5 heteroatoms. The van der Waals surface area contributed by atoms with E-state index in [4.69, 9.17) is 9.47 Å². The SMILES string of the molecule is CCCCNC(=O)C[C@@H](c1ccc2c(c1)OCO2)c1c[nH]c2c(CC)cccc12. The standard InChI is InChI=1S/C24H28N2O3/c1-3-5-11-25-23(27)13-19(17-9-10-21-22(12-17)29-15-28-21)20-14-26-24-16(4-2)7-6-8-18(20)24/h6-10,12,14,19,26H,3-5,11,13,15H2,1-2H3,(H,25,27)/t19-/m0/s1. The van der Waals surface area contributed by atoms with Crippen LogP contribution in [0.3, 0.4) is 0 Å². The van der Waals surface area contributed by atoms with Crippen molar-refractivity contribution < 1.29 is 14.3 Å². The third kappa shape index (κ3) is 3.95. The van der Waals surface area contributed by atoms with E-state index in [1.165, 1.54) is 10.9 Å². The molecular formula is C24H28N2O3. The number of benzene rings is 2. The molecule has 0 aliphatic carbocycles. The minimum Gasteiger partial charge on any atom is -0.454 e. The number of nitrogens with one attached hydrogen (secondary N) is 2. The zero-order chi connectivity index (χ0) is 20.2. The number of fused-ring (bicyclic) bond motifs is 2. The summed E-state index contributed by atoms with van der Waals surface area (Å²) in [5.41, 5.74) is 4.63. The minimum atomic E-state index is -0.0630. The van der Waals surface area contributed by atoms with Crippen molar-refractivity contribution in [1.82, 2.24) is 10.3 Å². The summed E-state index contributed by atoms with van der Waals surface area (Å²) in [6.07, 6.45) is 5.47. The van der Waals surface area contributed by atoms with Gasteiger partial charge in [-0.1, -0.05) is 44.5 Å². The highest BCUT2D eigenvalue weighted by molar-refractivity contribution is 5.88. The van der Waals surface area contributed by atoms with Gasteiger partial charge in [-0.05, 0) is 41.7 Å². The van der Waals surface area contributed by atoms with Crippen LogP contribution in [0.1, 0.15) is 55.7 Å². The Labute approximate surface area is 171 Å². The maximum Gasteiger partial charge on any atom is 0.231 e. The van der Waals surface area contributed by atoms with Crippen LogP contribution in [0.2, 0.25) is 0 Å². The first-order chi connectivity index (χ1) is 14.2. The highest BCUT2D eigenvalue weighted by Gasteiger charge is 2.24. The molecule has 0 bridgehead atoms. The lowest BCUT2D eigenvalue weighted by Gasteiger charge is -2.18. The predicted molar refractivity (Wildman–Crippen MR) is 115 cm³/mol. The van der Waals surface area contributed by atoms with Crippen molar-refractivity contribution in [3.05, 3.63) is 59.3 Å². The number of aromatic amines is 1. The number of hydrogen-bond donors (Lipinski definition) is 2. The highest BCUT2D eigenvalue weighted by Crippen LogP contribution is 2.39. The van der Waals surface area contributed by atoms with E-state index >= 15 is 0 Å². The summed E-state index contributed by atoms with van der Waals surface area (Å²) in [4.78, 5) is 16.2. The van der Waals surface area contributed by atoms with Gasteiger partial charge >= 0.3 is 0 Å². The third-order valence-electron chi connectivity index (χ3n) is 5.63. The quantitative estimate of drug-likeness (QED) is 0.536. The number of amides is 1. The molecule has 1 amide bonds. The molecule has 0 unspecified atom stereocenters. The third-order valence-corrected chi connectivity index (χ3v) is 5.63. The molecule has 0 spiro atoms. The van der Waals surface area contributed by atoms with Crippen molar-refractivity contribution in [2.75, 3.05) is 13.3 Å². The number of hydrogen-bond acceptors (Lipinski definition) is 3. The molecule has 1 atom stereocenters. The van der Waals surface area contributed by atoms with Crippen LogP contribution in [0.4, 0.5) is 0 Å². The summed E-state index contributed by atoms with van der Waals surface area (Å²) in [5.74, 6) is 1.51. The van der Waals surface area contributed by atoms with Gasteiger partial charge in [0.15, 0.2) is 11.5 Å². The number of rotatable bonds is 8. The first-order valence-electron chi connectivity index (χ1n) is 10.5. The van der Waals surface area contributed by atoms with Gasteiger partial charge in [0, 0.05) is 36.0 Å². The van der Waals surface area contributed by atoms with Gasteiger partial charge in [-0.2, -0.15) is 0 Å². The second-order valence-electron chi connectivity index (χ2n) is 7.51. The number of H-pyrrole nitrogens is 1. The van der Waals surface area contributed by atoms with Crippen LogP contribution in [0, 0.1) is 0 Å². The normalized spacial score (nSPS) is 13.6. The van der Waals surface area contributed by atoms with E-state index in [0.717, 1.165) is 53.9 Å².